The van der Waals surface area contributed by atoms with E-state index in [0.29, 0.717) is 13.0 Å². The number of benzene rings is 1. The summed E-state index contributed by atoms with van der Waals surface area (Å²) in [5.41, 5.74) is 3.72. The number of hydrogen-bond donors (Lipinski definition) is 1. The molecule has 1 aromatic rings. The zero-order chi connectivity index (χ0) is 18.1. The number of halogens is 1. The largest absolute Gasteiger partial charge is 0.386 e. The van der Waals surface area contributed by atoms with E-state index in [1.807, 2.05) is 38.1 Å². The average Bonchev–Trinajstić information content (AvgIpc) is 2.86. The van der Waals surface area contributed by atoms with Crippen molar-refractivity contribution in [3.8, 4) is 12.1 Å². The number of nitrogens with two attached hydrogens (primary N) is 1. The maximum atomic E-state index is 10.3. The number of hydrogen-bond acceptors (Lipinski definition) is 6. The lowest BCUT2D eigenvalue weighted by atomic mass is 9.80. The van der Waals surface area contributed by atoms with Crippen molar-refractivity contribution in [3.63, 3.8) is 0 Å². The zero-order valence-corrected chi connectivity index (χ0v) is 15.5. The second-order valence-electron chi connectivity index (χ2n) is 6.81. The van der Waals surface area contributed by atoms with Gasteiger partial charge in [-0.25, -0.2) is 4.99 Å². The van der Waals surface area contributed by atoms with Gasteiger partial charge in [-0.2, -0.15) is 10.5 Å². The standard InChI is InChI=1S/C18H17BrN4O2/c1-3-15(12-4-6-13(19)7-5-12)16(9-20)14(22)23-18(17(15,16)10-21)24-8-11(2)25-18/h4-7,11H,3,8H2,1-2H3,(H2,22,23)/t11-,15+,16-,17+,18+/m0/s1. The molecule has 0 unspecified atom stereocenters. The van der Waals surface area contributed by atoms with E-state index in [1.165, 1.54) is 0 Å². The third-order valence-electron chi connectivity index (χ3n) is 5.98. The third kappa shape index (κ3) is 1.42. The van der Waals surface area contributed by atoms with Crippen LogP contribution in [0.2, 0.25) is 0 Å². The summed E-state index contributed by atoms with van der Waals surface area (Å²) in [4.78, 5) is 4.37. The monoisotopic (exact) mass is 400 g/mol. The number of rotatable bonds is 2. The minimum absolute atomic E-state index is 0.121. The Labute approximate surface area is 154 Å². The van der Waals surface area contributed by atoms with E-state index in [1.54, 1.807) is 0 Å². The van der Waals surface area contributed by atoms with Crippen molar-refractivity contribution in [1.29, 1.82) is 10.5 Å². The van der Waals surface area contributed by atoms with Gasteiger partial charge in [0.2, 0.25) is 0 Å². The lowest BCUT2D eigenvalue weighted by molar-refractivity contribution is -0.197. The summed E-state index contributed by atoms with van der Waals surface area (Å²) in [6, 6.07) is 12.3. The third-order valence-corrected chi connectivity index (χ3v) is 6.51. The van der Waals surface area contributed by atoms with Gasteiger partial charge in [-0.1, -0.05) is 35.0 Å². The van der Waals surface area contributed by atoms with Crippen molar-refractivity contribution in [1.82, 2.24) is 0 Å². The summed E-state index contributed by atoms with van der Waals surface area (Å²) in [5.74, 6) is -1.40. The van der Waals surface area contributed by atoms with Crippen molar-refractivity contribution < 1.29 is 9.47 Å². The van der Waals surface area contributed by atoms with Crippen molar-refractivity contribution in [2.45, 2.75) is 37.7 Å². The molecule has 5 atom stereocenters. The summed E-state index contributed by atoms with van der Waals surface area (Å²) >= 11 is 3.43. The number of nitrogens with zero attached hydrogens (tertiary/aromatic N) is 3. The normalized spacial score (nSPS) is 44.0. The van der Waals surface area contributed by atoms with Gasteiger partial charge >= 0.3 is 0 Å². The molecule has 25 heavy (non-hydrogen) atoms. The Morgan fingerprint density at radius 1 is 1.32 bits per heavy atom. The molecule has 1 aliphatic carbocycles. The predicted octanol–water partition coefficient (Wildman–Crippen LogP) is 2.59. The Hall–Kier alpha value is -1.93. The molecule has 128 valence electrons. The van der Waals surface area contributed by atoms with Crippen LogP contribution in [-0.4, -0.2) is 24.5 Å². The molecule has 2 fully saturated rings. The molecule has 1 saturated carbocycles. The summed E-state index contributed by atoms with van der Waals surface area (Å²) in [6.07, 6.45) is 0.311. The Bertz CT molecular complexity index is 873. The highest BCUT2D eigenvalue weighted by Crippen LogP contribution is 2.86. The topological polar surface area (TPSA) is 104 Å². The van der Waals surface area contributed by atoms with Gasteiger partial charge in [0.1, 0.15) is 5.84 Å². The van der Waals surface area contributed by atoms with Crippen LogP contribution in [0.5, 0.6) is 0 Å². The second kappa shape index (κ2) is 4.82. The first-order valence-corrected chi connectivity index (χ1v) is 8.97. The van der Waals surface area contributed by atoms with Gasteiger partial charge in [0.05, 0.1) is 30.3 Å². The number of amidine groups is 1. The van der Waals surface area contributed by atoms with Crippen molar-refractivity contribution in [2.75, 3.05) is 6.61 Å². The summed E-state index contributed by atoms with van der Waals surface area (Å²) in [6.45, 7) is 4.12. The van der Waals surface area contributed by atoms with E-state index in [9.17, 15) is 10.5 Å². The fourth-order valence-electron chi connectivity index (χ4n) is 5.09. The van der Waals surface area contributed by atoms with E-state index < -0.39 is 22.2 Å². The van der Waals surface area contributed by atoms with Crippen LogP contribution in [0.25, 0.3) is 0 Å². The Morgan fingerprint density at radius 2 is 2.00 bits per heavy atom. The predicted molar refractivity (Wildman–Crippen MR) is 93.1 cm³/mol. The van der Waals surface area contributed by atoms with Gasteiger partial charge in [0, 0.05) is 4.47 Å². The van der Waals surface area contributed by atoms with Crippen LogP contribution in [0.4, 0.5) is 0 Å². The van der Waals surface area contributed by atoms with Crippen LogP contribution in [0.15, 0.2) is 33.7 Å². The molecule has 7 heteroatoms. The number of ether oxygens (including phenoxy) is 2. The lowest BCUT2D eigenvalue weighted by Gasteiger charge is -2.31. The van der Waals surface area contributed by atoms with Gasteiger partial charge in [0.15, 0.2) is 10.8 Å². The SMILES string of the molecule is CC[C@@]1(c2ccc(Br)cc2)[C@]2(C#N)C(N)=N[C@@]3(OC[C@H](C)O3)[C@@]21C#N. The molecule has 2 heterocycles. The number of nitriles is 2. The zero-order valence-electron chi connectivity index (χ0n) is 13.9. The highest BCUT2D eigenvalue weighted by Gasteiger charge is 3.01. The molecule has 6 nitrogen and oxygen atoms in total. The smallest absolute Gasteiger partial charge is 0.294 e. The summed E-state index contributed by atoms with van der Waals surface area (Å²) in [5, 5.41) is 20.4. The van der Waals surface area contributed by atoms with Crippen LogP contribution < -0.4 is 5.73 Å². The summed E-state index contributed by atoms with van der Waals surface area (Å²) in [7, 11) is 0. The molecule has 2 N–H and O–H groups in total. The minimum atomic E-state index is -1.52. The molecule has 4 rings (SSSR count). The Balaban J connectivity index is 2.02. The van der Waals surface area contributed by atoms with Crippen LogP contribution in [-0.2, 0) is 14.9 Å². The molecule has 0 radical (unpaired) electrons. The van der Waals surface area contributed by atoms with Gasteiger partial charge in [-0.05, 0) is 31.0 Å². The first-order chi connectivity index (χ1) is 11.9. The number of fused-ring (bicyclic) bond motifs is 2. The highest BCUT2D eigenvalue weighted by molar-refractivity contribution is 9.10. The average molecular weight is 401 g/mol. The summed E-state index contributed by atoms with van der Waals surface area (Å²) < 4.78 is 12.8. The molecule has 0 aromatic heterocycles. The molecule has 3 aliphatic rings. The minimum Gasteiger partial charge on any atom is -0.386 e. The molecule has 2 aliphatic heterocycles. The quantitative estimate of drug-likeness (QED) is 0.820. The van der Waals surface area contributed by atoms with Crippen molar-refractivity contribution in [2.24, 2.45) is 21.6 Å². The highest BCUT2D eigenvalue weighted by atomic mass is 79.9. The maximum absolute atomic E-state index is 10.3. The van der Waals surface area contributed by atoms with Gasteiger partial charge < -0.3 is 15.2 Å². The first kappa shape index (κ1) is 16.5. The second-order valence-corrected chi connectivity index (χ2v) is 7.72. The van der Waals surface area contributed by atoms with Gasteiger partial charge in [-0.3, -0.25) is 0 Å². The Kier molecular flexibility index (Phi) is 3.19. The van der Waals surface area contributed by atoms with Crippen molar-refractivity contribution in [3.05, 3.63) is 34.3 Å². The van der Waals surface area contributed by atoms with E-state index in [-0.39, 0.29) is 11.9 Å². The molecular weight excluding hydrogens is 384 g/mol. The van der Waals surface area contributed by atoms with E-state index in [0.717, 1.165) is 10.0 Å². The maximum Gasteiger partial charge on any atom is 0.294 e. The van der Waals surface area contributed by atoms with Gasteiger partial charge in [0.25, 0.3) is 5.91 Å². The Morgan fingerprint density at radius 3 is 2.48 bits per heavy atom. The van der Waals surface area contributed by atoms with Crippen LogP contribution in [0.1, 0.15) is 25.8 Å². The van der Waals surface area contributed by atoms with Crippen molar-refractivity contribution >= 4 is 21.8 Å². The molecule has 0 bridgehead atoms. The lowest BCUT2D eigenvalue weighted by Crippen LogP contribution is -2.43. The first-order valence-electron chi connectivity index (χ1n) is 8.17. The molecule has 1 aromatic carbocycles. The molecule has 0 amide bonds. The number of aliphatic imine (C=N–C) groups is 1. The van der Waals surface area contributed by atoms with E-state index in [4.69, 9.17) is 15.2 Å². The van der Waals surface area contributed by atoms with Crippen LogP contribution >= 0.6 is 15.9 Å². The molecule has 1 spiro atoms. The molecular formula is C18H17BrN4O2. The van der Waals surface area contributed by atoms with Crippen LogP contribution in [0, 0.1) is 33.5 Å². The fraction of sp³-hybridized carbons (Fsp3) is 0.500. The van der Waals surface area contributed by atoms with Crippen LogP contribution in [0.3, 0.4) is 0 Å². The van der Waals surface area contributed by atoms with Gasteiger partial charge in [-0.15, -0.1) is 0 Å². The molecule has 1 saturated heterocycles. The fourth-order valence-corrected chi connectivity index (χ4v) is 5.35. The van der Waals surface area contributed by atoms with E-state index in [2.05, 4.69) is 33.1 Å². The van der Waals surface area contributed by atoms with E-state index >= 15 is 0 Å².